The average molecular weight is 243 g/mol. The van der Waals surface area contributed by atoms with Gasteiger partial charge in [0.2, 0.25) is 0 Å². The van der Waals surface area contributed by atoms with Crippen LogP contribution in [0.5, 0.6) is 0 Å². The molecule has 3 heteroatoms. The fourth-order valence-electron chi connectivity index (χ4n) is 1.88. The molecule has 0 bridgehead atoms. The van der Waals surface area contributed by atoms with E-state index in [1.165, 1.54) is 16.8 Å². The number of nitrogens with one attached hydrogen (secondary N) is 1. The van der Waals surface area contributed by atoms with Crippen LogP contribution in [0.4, 0.5) is 0 Å². The van der Waals surface area contributed by atoms with Crippen molar-refractivity contribution in [1.29, 1.82) is 0 Å². The van der Waals surface area contributed by atoms with E-state index < -0.39 is 0 Å². The van der Waals surface area contributed by atoms with E-state index in [0.29, 0.717) is 0 Å². The number of rotatable bonds is 5. The lowest BCUT2D eigenvalue weighted by Gasteiger charge is -2.05. The highest BCUT2D eigenvalue weighted by atomic mass is 15.0. The molecule has 1 aromatic heterocycles. The Morgan fingerprint density at radius 3 is 2.78 bits per heavy atom. The topological polar surface area (TPSA) is 29.9 Å². The third kappa shape index (κ3) is 2.99. The van der Waals surface area contributed by atoms with Gasteiger partial charge in [0.05, 0.1) is 12.0 Å². The van der Waals surface area contributed by atoms with Crippen LogP contribution in [0, 0.1) is 13.8 Å². The van der Waals surface area contributed by atoms with Crippen molar-refractivity contribution in [3.8, 4) is 5.69 Å². The summed E-state index contributed by atoms with van der Waals surface area (Å²) in [6, 6.07) is 6.48. The van der Waals surface area contributed by atoms with Crippen molar-refractivity contribution < 1.29 is 0 Å². The van der Waals surface area contributed by atoms with Crippen LogP contribution in [0.3, 0.4) is 0 Å². The normalized spacial score (nSPS) is 10.8. The van der Waals surface area contributed by atoms with Gasteiger partial charge in [-0.15, -0.1) is 0 Å². The molecule has 0 saturated carbocycles. The molecule has 0 aliphatic carbocycles. The maximum Gasteiger partial charge on any atom is 0.0995 e. The molecule has 1 heterocycles. The van der Waals surface area contributed by atoms with Crippen LogP contribution in [0.15, 0.2) is 30.7 Å². The molecule has 0 saturated heterocycles. The molecule has 0 radical (unpaired) electrons. The summed E-state index contributed by atoms with van der Waals surface area (Å²) in [5.41, 5.74) is 4.89. The molecule has 96 valence electrons. The van der Waals surface area contributed by atoms with Gasteiger partial charge in [-0.25, -0.2) is 4.98 Å². The zero-order valence-corrected chi connectivity index (χ0v) is 11.4. The van der Waals surface area contributed by atoms with E-state index in [-0.39, 0.29) is 0 Å². The Morgan fingerprint density at radius 2 is 2.06 bits per heavy atom. The summed E-state index contributed by atoms with van der Waals surface area (Å²) < 4.78 is 2.08. The van der Waals surface area contributed by atoms with Crippen LogP contribution in [0.1, 0.15) is 30.2 Å². The molecule has 0 unspecified atom stereocenters. The maximum atomic E-state index is 4.42. The molecule has 0 atom stereocenters. The first-order chi connectivity index (χ1) is 8.70. The number of hydrogen-bond acceptors (Lipinski definition) is 2. The molecule has 0 aliphatic rings. The van der Waals surface area contributed by atoms with Crippen molar-refractivity contribution in [2.24, 2.45) is 0 Å². The van der Waals surface area contributed by atoms with Gasteiger partial charge in [0.25, 0.3) is 0 Å². The van der Waals surface area contributed by atoms with Gasteiger partial charge < -0.3 is 9.88 Å². The largest absolute Gasteiger partial charge is 0.311 e. The summed E-state index contributed by atoms with van der Waals surface area (Å²) in [4.78, 5) is 4.42. The van der Waals surface area contributed by atoms with Crippen LogP contribution < -0.4 is 5.32 Å². The quantitative estimate of drug-likeness (QED) is 0.818. The van der Waals surface area contributed by atoms with Gasteiger partial charge in [-0.2, -0.15) is 0 Å². The van der Waals surface area contributed by atoms with Gasteiger partial charge in [-0.05, 0) is 50.1 Å². The van der Waals surface area contributed by atoms with Crippen molar-refractivity contribution in [3.05, 3.63) is 47.5 Å². The summed E-state index contributed by atoms with van der Waals surface area (Å²) in [5, 5.41) is 3.36. The number of aromatic nitrogens is 2. The van der Waals surface area contributed by atoms with Crippen molar-refractivity contribution >= 4 is 0 Å². The van der Waals surface area contributed by atoms with E-state index >= 15 is 0 Å². The van der Waals surface area contributed by atoms with Gasteiger partial charge in [0.1, 0.15) is 0 Å². The van der Waals surface area contributed by atoms with Crippen molar-refractivity contribution in [2.75, 3.05) is 6.54 Å². The molecule has 0 spiro atoms. The lowest BCUT2D eigenvalue weighted by molar-refractivity contribution is 0.666. The van der Waals surface area contributed by atoms with Crippen LogP contribution in [-0.2, 0) is 6.54 Å². The highest BCUT2D eigenvalue weighted by Crippen LogP contribution is 2.14. The summed E-state index contributed by atoms with van der Waals surface area (Å²) in [5.74, 6) is 0. The molecule has 3 nitrogen and oxygen atoms in total. The van der Waals surface area contributed by atoms with Crippen molar-refractivity contribution in [3.63, 3.8) is 0 Å². The van der Waals surface area contributed by atoms with Gasteiger partial charge in [0, 0.05) is 18.4 Å². The van der Waals surface area contributed by atoms with Gasteiger partial charge >= 0.3 is 0 Å². The fourth-order valence-corrected chi connectivity index (χ4v) is 1.88. The number of benzene rings is 1. The third-order valence-corrected chi connectivity index (χ3v) is 3.16. The fraction of sp³-hybridized carbons (Fsp3) is 0.400. The van der Waals surface area contributed by atoms with Crippen LogP contribution in [0.25, 0.3) is 5.69 Å². The standard InChI is InChI=1S/C15H21N3/c1-4-7-16-9-14-10-18(11-17-14)15-6-5-12(2)13(3)8-15/h5-6,8,10-11,16H,4,7,9H2,1-3H3. The first kappa shape index (κ1) is 12.8. The average Bonchev–Trinajstić information content (AvgIpc) is 2.82. The van der Waals surface area contributed by atoms with E-state index in [1.54, 1.807) is 0 Å². The highest BCUT2D eigenvalue weighted by molar-refractivity contribution is 5.39. The Kier molecular flexibility index (Phi) is 4.15. The minimum Gasteiger partial charge on any atom is -0.311 e. The number of imidazole rings is 1. The summed E-state index contributed by atoms with van der Waals surface area (Å²) in [6.45, 7) is 8.31. The zero-order chi connectivity index (χ0) is 13.0. The summed E-state index contributed by atoms with van der Waals surface area (Å²) >= 11 is 0. The highest BCUT2D eigenvalue weighted by Gasteiger charge is 2.01. The molecule has 0 amide bonds. The lowest BCUT2D eigenvalue weighted by Crippen LogP contribution is -2.13. The zero-order valence-electron chi connectivity index (χ0n) is 11.4. The third-order valence-electron chi connectivity index (χ3n) is 3.16. The Labute approximate surface area is 109 Å². The van der Waals surface area contributed by atoms with E-state index in [1.807, 2.05) is 6.33 Å². The van der Waals surface area contributed by atoms with Crippen LogP contribution in [-0.4, -0.2) is 16.1 Å². The Hall–Kier alpha value is -1.61. The first-order valence-electron chi connectivity index (χ1n) is 6.52. The molecule has 18 heavy (non-hydrogen) atoms. The van der Waals surface area contributed by atoms with Gasteiger partial charge in [-0.1, -0.05) is 13.0 Å². The van der Waals surface area contributed by atoms with Gasteiger partial charge in [-0.3, -0.25) is 0 Å². The van der Waals surface area contributed by atoms with Crippen molar-refractivity contribution in [2.45, 2.75) is 33.7 Å². The molecule has 0 fully saturated rings. The molecule has 0 aliphatic heterocycles. The predicted molar refractivity (Wildman–Crippen MR) is 75.0 cm³/mol. The molecule has 2 aromatic rings. The minimum absolute atomic E-state index is 0.839. The second kappa shape index (κ2) is 5.83. The molecular formula is C15H21N3. The number of nitrogens with zero attached hydrogens (tertiary/aromatic N) is 2. The minimum atomic E-state index is 0.839. The lowest BCUT2D eigenvalue weighted by atomic mass is 10.1. The SMILES string of the molecule is CCCNCc1cn(-c2ccc(C)c(C)c2)cn1. The number of hydrogen-bond donors (Lipinski definition) is 1. The van der Waals surface area contributed by atoms with Crippen LogP contribution in [0.2, 0.25) is 0 Å². The second-order valence-corrected chi connectivity index (χ2v) is 4.72. The van der Waals surface area contributed by atoms with E-state index in [9.17, 15) is 0 Å². The number of aryl methyl sites for hydroxylation is 2. The van der Waals surface area contributed by atoms with Gasteiger partial charge in [0.15, 0.2) is 0 Å². The molecule has 1 N–H and O–H groups in total. The first-order valence-corrected chi connectivity index (χ1v) is 6.52. The Bertz CT molecular complexity index is 514. The Morgan fingerprint density at radius 1 is 1.22 bits per heavy atom. The molecular weight excluding hydrogens is 222 g/mol. The van der Waals surface area contributed by atoms with E-state index in [4.69, 9.17) is 0 Å². The van der Waals surface area contributed by atoms with E-state index in [0.717, 1.165) is 25.2 Å². The molecule has 2 rings (SSSR count). The molecule has 1 aromatic carbocycles. The van der Waals surface area contributed by atoms with E-state index in [2.05, 4.69) is 60.0 Å². The van der Waals surface area contributed by atoms with Crippen LogP contribution >= 0.6 is 0 Å². The monoisotopic (exact) mass is 243 g/mol. The summed E-state index contributed by atoms with van der Waals surface area (Å²) in [7, 11) is 0. The maximum absolute atomic E-state index is 4.42. The smallest absolute Gasteiger partial charge is 0.0995 e. The van der Waals surface area contributed by atoms with Crippen molar-refractivity contribution in [1.82, 2.24) is 14.9 Å². The second-order valence-electron chi connectivity index (χ2n) is 4.72. The Balaban J connectivity index is 2.11. The predicted octanol–water partition coefficient (Wildman–Crippen LogP) is 2.99. The summed E-state index contributed by atoms with van der Waals surface area (Å²) in [6.07, 6.45) is 5.12.